The molecule has 1 aromatic rings. The van der Waals surface area contributed by atoms with Gasteiger partial charge in [0.1, 0.15) is 5.41 Å². The van der Waals surface area contributed by atoms with Crippen LogP contribution in [-0.4, -0.2) is 29.3 Å². The normalized spacial score (nSPS) is 22.0. The van der Waals surface area contributed by atoms with Crippen molar-refractivity contribution in [3.8, 4) is 0 Å². The van der Waals surface area contributed by atoms with Crippen LogP contribution in [0.5, 0.6) is 0 Å². The number of benzene rings is 1. The number of hydrogen-bond donors (Lipinski definition) is 1. The van der Waals surface area contributed by atoms with Crippen molar-refractivity contribution in [2.24, 2.45) is 5.41 Å². The Bertz CT molecular complexity index is 686. The molecule has 1 aromatic carbocycles. The van der Waals surface area contributed by atoms with E-state index in [0.29, 0.717) is 18.9 Å². The average Bonchev–Trinajstić information content (AvgIpc) is 3.42. The maximum Gasteiger partial charge on any atom is 0.240 e. The second-order valence-corrected chi connectivity index (χ2v) is 8.89. The van der Waals surface area contributed by atoms with E-state index >= 15 is 0 Å². The Kier molecular flexibility index (Phi) is 5.14. The number of rotatable bonds is 4. The molecule has 1 aliphatic heterocycles. The first-order valence-electron chi connectivity index (χ1n) is 10.0. The number of hydrogen-bond acceptors (Lipinski definition) is 2. The third-order valence-corrected chi connectivity index (χ3v) is 5.94. The SMILES string of the molecule is CCC1CCCCN1C(=O)C1(C(=O)Nc2ccccc2C(C)(C)C)CC1. The quantitative estimate of drug-likeness (QED) is 0.808. The number of nitrogens with zero attached hydrogens (tertiary/aromatic N) is 1. The summed E-state index contributed by atoms with van der Waals surface area (Å²) in [6.07, 6.45) is 5.60. The summed E-state index contributed by atoms with van der Waals surface area (Å²) < 4.78 is 0. The molecule has 26 heavy (non-hydrogen) atoms. The second-order valence-electron chi connectivity index (χ2n) is 8.89. The molecule has 1 unspecified atom stereocenters. The van der Waals surface area contributed by atoms with Gasteiger partial charge in [0.05, 0.1) is 0 Å². The molecule has 0 radical (unpaired) electrons. The number of likely N-dealkylation sites (tertiary alicyclic amines) is 1. The number of nitrogens with one attached hydrogen (secondary N) is 1. The Balaban J connectivity index is 1.79. The number of carbonyl (C=O) groups is 2. The lowest BCUT2D eigenvalue weighted by Gasteiger charge is -2.37. The van der Waals surface area contributed by atoms with E-state index in [1.54, 1.807) is 0 Å². The zero-order valence-electron chi connectivity index (χ0n) is 16.6. The fraction of sp³-hybridized carbons (Fsp3) is 0.636. The third-order valence-electron chi connectivity index (χ3n) is 5.94. The molecule has 2 aliphatic rings. The number of anilines is 1. The molecule has 2 amide bonds. The Hall–Kier alpha value is -1.84. The number of carbonyl (C=O) groups excluding carboxylic acids is 2. The fourth-order valence-corrected chi connectivity index (χ4v) is 4.12. The van der Waals surface area contributed by atoms with Crippen molar-refractivity contribution in [2.75, 3.05) is 11.9 Å². The van der Waals surface area contributed by atoms with Gasteiger partial charge in [-0.05, 0) is 55.6 Å². The average molecular weight is 357 g/mol. The standard InChI is InChI=1S/C22H32N2O2/c1-5-16-10-8-9-15-24(16)20(26)22(13-14-22)19(25)23-18-12-7-6-11-17(18)21(2,3)4/h6-7,11-12,16H,5,8-10,13-15H2,1-4H3,(H,23,25). The van der Waals surface area contributed by atoms with Crippen LogP contribution in [0.2, 0.25) is 0 Å². The van der Waals surface area contributed by atoms with E-state index < -0.39 is 5.41 Å². The van der Waals surface area contributed by atoms with E-state index in [2.05, 4.69) is 39.1 Å². The molecular weight excluding hydrogens is 324 g/mol. The summed E-state index contributed by atoms with van der Waals surface area (Å²) in [6.45, 7) is 9.33. The minimum Gasteiger partial charge on any atom is -0.339 e. The minimum absolute atomic E-state index is 0.0507. The summed E-state index contributed by atoms with van der Waals surface area (Å²) in [6, 6.07) is 8.21. The van der Waals surface area contributed by atoms with Gasteiger partial charge in [-0.3, -0.25) is 9.59 Å². The highest BCUT2D eigenvalue weighted by Crippen LogP contribution is 2.49. The fourth-order valence-electron chi connectivity index (χ4n) is 4.12. The van der Waals surface area contributed by atoms with Gasteiger partial charge in [-0.1, -0.05) is 45.9 Å². The molecule has 142 valence electrons. The smallest absolute Gasteiger partial charge is 0.240 e. The Morgan fingerprint density at radius 1 is 1.19 bits per heavy atom. The van der Waals surface area contributed by atoms with Crippen LogP contribution in [0.3, 0.4) is 0 Å². The second kappa shape index (κ2) is 7.05. The number of amides is 2. The minimum atomic E-state index is -0.838. The predicted octanol–water partition coefficient (Wildman–Crippen LogP) is 4.49. The van der Waals surface area contributed by atoms with Crippen LogP contribution in [0.15, 0.2) is 24.3 Å². The van der Waals surface area contributed by atoms with Crippen molar-refractivity contribution in [3.63, 3.8) is 0 Å². The summed E-state index contributed by atoms with van der Waals surface area (Å²) in [5, 5.41) is 3.09. The van der Waals surface area contributed by atoms with Gasteiger partial charge in [0, 0.05) is 18.3 Å². The van der Waals surface area contributed by atoms with Crippen LogP contribution in [0.1, 0.15) is 71.8 Å². The van der Waals surface area contributed by atoms with Gasteiger partial charge >= 0.3 is 0 Å². The van der Waals surface area contributed by atoms with Gasteiger partial charge in [-0.15, -0.1) is 0 Å². The zero-order valence-corrected chi connectivity index (χ0v) is 16.6. The lowest BCUT2D eigenvalue weighted by atomic mass is 9.85. The molecular formula is C22H32N2O2. The molecule has 1 aliphatic carbocycles. The molecule has 3 rings (SSSR count). The van der Waals surface area contributed by atoms with Crippen molar-refractivity contribution < 1.29 is 9.59 Å². The Labute approximate surface area is 157 Å². The van der Waals surface area contributed by atoms with Crippen LogP contribution < -0.4 is 5.32 Å². The van der Waals surface area contributed by atoms with Crippen molar-refractivity contribution in [3.05, 3.63) is 29.8 Å². The van der Waals surface area contributed by atoms with Gasteiger partial charge in [0.15, 0.2) is 0 Å². The van der Waals surface area contributed by atoms with Crippen molar-refractivity contribution >= 4 is 17.5 Å². The first-order valence-corrected chi connectivity index (χ1v) is 10.0. The lowest BCUT2D eigenvalue weighted by molar-refractivity contribution is -0.145. The largest absolute Gasteiger partial charge is 0.339 e. The molecule has 4 nitrogen and oxygen atoms in total. The van der Waals surface area contributed by atoms with Crippen molar-refractivity contribution in [1.82, 2.24) is 4.90 Å². The highest BCUT2D eigenvalue weighted by molar-refractivity contribution is 6.13. The molecule has 1 saturated carbocycles. The van der Waals surface area contributed by atoms with Crippen LogP contribution in [0.4, 0.5) is 5.69 Å². The molecule has 2 fully saturated rings. The predicted molar refractivity (Wildman–Crippen MR) is 105 cm³/mol. The van der Waals surface area contributed by atoms with Crippen molar-refractivity contribution in [1.29, 1.82) is 0 Å². The monoisotopic (exact) mass is 356 g/mol. The Morgan fingerprint density at radius 2 is 1.88 bits per heavy atom. The molecule has 1 saturated heterocycles. The third kappa shape index (κ3) is 3.51. The highest BCUT2D eigenvalue weighted by atomic mass is 16.2. The van der Waals surface area contributed by atoms with E-state index in [9.17, 15) is 9.59 Å². The molecule has 1 N–H and O–H groups in total. The first kappa shape index (κ1) is 18.9. The van der Waals surface area contributed by atoms with Gasteiger partial charge in [-0.25, -0.2) is 0 Å². The molecule has 0 aromatic heterocycles. The van der Waals surface area contributed by atoms with Crippen LogP contribution in [0.25, 0.3) is 0 Å². The maximum absolute atomic E-state index is 13.2. The van der Waals surface area contributed by atoms with Gasteiger partial charge < -0.3 is 10.2 Å². The summed E-state index contributed by atoms with van der Waals surface area (Å²) in [5.74, 6) is -0.0746. The van der Waals surface area contributed by atoms with Gasteiger partial charge in [-0.2, -0.15) is 0 Å². The summed E-state index contributed by atoms with van der Waals surface area (Å²) in [4.78, 5) is 28.3. The van der Waals surface area contributed by atoms with E-state index in [0.717, 1.165) is 37.1 Å². The van der Waals surface area contributed by atoms with Crippen LogP contribution >= 0.6 is 0 Å². The first-order chi connectivity index (χ1) is 12.3. The number of piperidine rings is 1. The van der Waals surface area contributed by atoms with E-state index in [1.807, 2.05) is 23.1 Å². The molecule has 1 heterocycles. The van der Waals surface area contributed by atoms with E-state index in [-0.39, 0.29) is 17.2 Å². The van der Waals surface area contributed by atoms with E-state index in [1.165, 1.54) is 6.42 Å². The molecule has 0 bridgehead atoms. The lowest BCUT2D eigenvalue weighted by Crippen LogP contribution is -2.49. The van der Waals surface area contributed by atoms with E-state index in [4.69, 9.17) is 0 Å². The molecule has 1 atom stereocenters. The summed E-state index contributed by atoms with van der Waals surface area (Å²) in [7, 11) is 0. The summed E-state index contributed by atoms with van der Waals surface area (Å²) in [5.41, 5.74) is 1.02. The van der Waals surface area contributed by atoms with Gasteiger partial charge in [0.2, 0.25) is 11.8 Å². The number of para-hydroxylation sites is 1. The highest BCUT2D eigenvalue weighted by Gasteiger charge is 2.58. The van der Waals surface area contributed by atoms with Gasteiger partial charge in [0.25, 0.3) is 0 Å². The zero-order chi connectivity index (χ0) is 18.9. The topological polar surface area (TPSA) is 49.4 Å². The molecule has 0 spiro atoms. The Morgan fingerprint density at radius 3 is 2.50 bits per heavy atom. The maximum atomic E-state index is 13.2. The van der Waals surface area contributed by atoms with Crippen molar-refractivity contribution in [2.45, 2.75) is 77.7 Å². The summed E-state index contributed by atoms with van der Waals surface area (Å²) >= 11 is 0. The van der Waals surface area contributed by atoms with Crippen LogP contribution in [-0.2, 0) is 15.0 Å². The molecule has 4 heteroatoms. The van der Waals surface area contributed by atoms with Crippen LogP contribution in [0, 0.1) is 5.41 Å².